The molecule has 2 aromatic carbocycles. The van der Waals surface area contributed by atoms with E-state index in [1.807, 2.05) is 12.1 Å². The zero-order chi connectivity index (χ0) is 15.0. The molecule has 7 heteroatoms. The van der Waals surface area contributed by atoms with Crippen LogP contribution in [-0.2, 0) is 16.4 Å². The molecule has 1 aliphatic heterocycles. The van der Waals surface area contributed by atoms with Gasteiger partial charge >= 0.3 is 0 Å². The van der Waals surface area contributed by atoms with Gasteiger partial charge in [-0.3, -0.25) is 4.72 Å². The van der Waals surface area contributed by atoms with E-state index in [-0.39, 0.29) is 14.9 Å². The number of benzene rings is 2. The van der Waals surface area contributed by atoms with Crippen molar-refractivity contribution >= 4 is 44.6 Å². The quantitative estimate of drug-likeness (QED) is 0.892. The lowest BCUT2D eigenvalue weighted by atomic mass is 10.1. The summed E-state index contributed by atoms with van der Waals surface area (Å²) in [6.07, 6.45) is 0.883. The van der Waals surface area contributed by atoms with Crippen LogP contribution in [0.25, 0.3) is 0 Å². The lowest BCUT2D eigenvalue weighted by Crippen LogP contribution is -2.13. The van der Waals surface area contributed by atoms with Crippen LogP contribution in [0.2, 0.25) is 10.0 Å². The summed E-state index contributed by atoms with van der Waals surface area (Å²) in [6.45, 7) is 0.870. The highest BCUT2D eigenvalue weighted by Crippen LogP contribution is 2.28. The largest absolute Gasteiger partial charge is 0.384 e. The van der Waals surface area contributed by atoms with E-state index in [2.05, 4.69) is 10.0 Å². The molecule has 0 aromatic heterocycles. The molecule has 2 N–H and O–H groups in total. The predicted molar refractivity (Wildman–Crippen MR) is 85.9 cm³/mol. The number of halogens is 2. The minimum absolute atomic E-state index is 0.0404. The van der Waals surface area contributed by atoms with E-state index in [0.29, 0.717) is 5.69 Å². The lowest BCUT2D eigenvalue weighted by molar-refractivity contribution is 0.601. The van der Waals surface area contributed by atoms with Gasteiger partial charge in [-0.25, -0.2) is 8.42 Å². The summed E-state index contributed by atoms with van der Waals surface area (Å²) in [6, 6.07) is 9.64. The third-order valence-corrected chi connectivity index (χ3v) is 5.01. The first-order valence-electron chi connectivity index (χ1n) is 6.30. The van der Waals surface area contributed by atoms with E-state index in [4.69, 9.17) is 23.2 Å². The van der Waals surface area contributed by atoms with E-state index in [9.17, 15) is 8.42 Å². The smallest absolute Gasteiger partial charge is 0.261 e. The zero-order valence-corrected chi connectivity index (χ0v) is 13.2. The topological polar surface area (TPSA) is 58.2 Å². The molecular weight excluding hydrogens is 331 g/mol. The number of rotatable bonds is 3. The van der Waals surface area contributed by atoms with Crippen LogP contribution in [0, 0.1) is 0 Å². The molecular formula is C14H12Cl2N2O2S. The summed E-state index contributed by atoms with van der Waals surface area (Å²) in [5.41, 5.74) is 2.66. The number of hydrogen-bond donors (Lipinski definition) is 2. The monoisotopic (exact) mass is 342 g/mol. The van der Waals surface area contributed by atoms with Gasteiger partial charge < -0.3 is 5.32 Å². The Morgan fingerprint density at radius 2 is 1.76 bits per heavy atom. The van der Waals surface area contributed by atoms with Crippen LogP contribution in [-0.4, -0.2) is 15.0 Å². The fourth-order valence-electron chi connectivity index (χ4n) is 2.27. The van der Waals surface area contributed by atoms with Crippen LogP contribution in [0.4, 0.5) is 11.4 Å². The SMILES string of the molecule is O=S(=O)(Nc1ccc2c(c1)CCN2)c1cc(Cl)cc(Cl)c1. The van der Waals surface area contributed by atoms with Gasteiger partial charge in [0.05, 0.1) is 4.90 Å². The van der Waals surface area contributed by atoms with Crippen LogP contribution in [0.15, 0.2) is 41.3 Å². The van der Waals surface area contributed by atoms with Gasteiger partial charge in [0.1, 0.15) is 0 Å². The molecule has 3 rings (SSSR count). The number of sulfonamides is 1. The van der Waals surface area contributed by atoms with Crippen LogP contribution in [0.3, 0.4) is 0 Å². The van der Waals surface area contributed by atoms with Crippen molar-refractivity contribution in [2.75, 3.05) is 16.6 Å². The van der Waals surface area contributed by atoms with Crippen molar-refractivity contribution in [3.05, 3.63) is 52.0 Å². The highest BCUT2D eigenvalue weighted by Gasteiger charge is 2.17. The normalized spacial score (nSPS) is 13.6. The summed E-state index contributed by atoms with van der Waals surface area (Å²) in [7, 11) is -3.72. The Labute approximate surface area is 133 Å². The van der Waals surface area contributed by atoms with Gasteiger partial charge in [0.25, 0.3) is 10.0 Å². The summed E-state index contributed by atoms with van der Waals surface area (Å²) >= 11 is 11.7. The number of anilines is 2. The maximum atomic E-state index is 12.4. The van der Waals surface area contributed by atoms with Crippen molar-refractivity contribution in [3.63, 3.8) is 0 Å². The van der Waals surface area contributed by atoms with E-state index < -0.39 is 10.0 Å². The van der Waals surface area contributed by atoms with Crippen molar-refractivity contribution in [1.29, 1.82) is 0 Å². The molecule has 0 unspecified atom stereocenters. The van der Waals surface area contributed by atoms with Gasteiger partial charge in [0.15, 0.2) is 0 Å². The van der Waals surface area contributed by atoms with Gasteiger partial charge in [-0.2, -0.15) is 0 Å². The van der Waals surface area contributed by atoms with Crippen molar-refractivity contribution in [2.45, 2.75) is 11.3 Å². The first-order valence-corrected chi connectivity index (χ1v) is 8.54. The molecule has 0 saturated carbocycles. The Bertz CT molecular complexity index is 786. The lowest BCUT2D eigenvalue weighted by Gasteiger charge is -2.10. The number of fused-ring (bicyclic) bond motifs is 1. The molecule has 0 radical (unpaired) electrons. The molecule has 0 amide bonds. The zero-order valence-electron chi connectivity index (χ0n) is 10.9. The van der Waals surface area contributed by atoms with Crippen LogP contribution >= 0.6 is 23.2 Å². The van der Waals surface area contributed by atoms with Crippen molar-refractivity contribution in [1.82, 2.24) is 0 Å². The summed E-state index contributed by atoms with van der Waals surface area (Å²) in [4.78, 5) is 0.0404. The molecule has 1 heterocycles. The molecule has 21 heavy (non-hydrogen) atoms. The highest BCUT2D eigenvalue weighted by molar-refractivity contribution is 7.92. The second-order valence-electron chi connectivity index (χ2n) is 4.76. The Hall–Kier alpha value is -1.43. The Morgan fingerprint density at radius 3 is 2.48 bits per heavy atom. The number of nitrogens with one attached hydrogen (secondary N) is 2. The summed E-state index contributed by atoms with van der Waals surface area (Å²) in [5, 5.41) is 3.78. The van der Waals surface area contributed by atoms with E-state index in [1.54, 1.807) is 6.07 Å². The van der Waals surface area contributed by atoms with E-state index in [1.165, 1.54) is 18.2 Å². The fourth-order valence-corrected chi connectivity index (χ4v) is 4.04. The average Bonchev–Trinajstić information content (AvgIpc) is 2.84. The number of hydrogen-bond acceptors (Lipinski definition) is 3. The van der Waals surface area contributed by atoms with Crippen LogP contribution in [0.5, 0.6) is 0 Å². The average molecular weight is 343 g/mol. The van der Waals surface area contributed by atoms with E-state index in [0.717, 1.165) is 24.2 Å². The van der Waals surface area contributed by atoms with Gasteiger partial charge in [-0.1, -0.05) is 23.2 Å². The second-order valence-corrected chi connectivity index (χ2v) is 7.31. The van der Waals surface area contributed by atoms with Gasteiger partial charge in [-0.05, 0) is 48.4 Å². The standard InChI is InChI=1S/C14H12Cl2N2O2S/c15-10-6-11(16)8-13(7-10)21(19,20)18-12-1-2-14-9(5-12)3-4-17-14/h1-2,5-8,17-18H,3-4H2. The predicted octanol–water partition coefficient (Wildman–Crippen LogP) is 3.76. The first kappa shape index (κ1) is 14.5. The summed E-state index contributed by atoms with van der Waals surface area (Å²) in [5.74, 6) is 0. The molecule has 0 saturated heterocycles. The maximum Gasteiger partial charge on any atom is 0.261 e. The molecule has 1 aliphatic rings. The molecule has 110 valence electrons. The molecule has 2 aromatic rings. The Morgan fingerprint density at radius 1 is 1.05 bits per heavy atom. The van der Waals surface area contributed by atoms with Crippen LogP contribution in [0.1, 0.15) is 5.56 Å². The molecule has 0 spiro atoms. The molecule has 0 bridgehead atoms. The van der Waals surface area contributed by atoms with Gasteiger partial charge in [0.2, 0.25) is 0 Å². The second kappa shape index (κ2) is 5.40. The minimum Gasteiger partial charge on any atom is -0.384 e. The fraction of sp³-hybridized carbons (Fsp3) is 0.143. The highest BCUT2D eigenvalue weighted by atomic mass is 35.5. The molecule has 4 nitrogen and oxygen atoms in total. The van der Waals surface area contributed by atoms with Gasteiger partial charge in [-0.15, -0.1) is 0 Å². The third kappa shape index (κ3) is 3.10. The van der Waals surface area contributed by atoms with E-state index >= 15 is 0 Å². The molecule has 0 fully saturated rings. The minimum atomic E-state index is -3.72. The maximum absolute atomic E-state index is 12.4. The van der Waals surface area contributed by atoms with Gasteiger partial charge in [0, 0.05) is 28.0 Å². The summed E-state index contributed by atoms with van der Waals surface area (Å²) < 4.78 is 27.3. The first-order chi connectivity index (χ1) is 9.94. The van der Waals surface area contributed by atoms with Crippen LogP contribution < -0.4 is 10.0 Å². The Kier molecular flexibility index (Phi) is 3.73. The Balaban J connectivity index is 1.92. The van der Waals surface area contributed by atoms with Crippen molar-refractivity contribution in [2.24, 2.45) is 0 Å². The molecule has 0 atom stereocenters. The third-order valence-electron chi connectivity index (χ3n) is 3.21. The van der Waals surface area contributed by atoms with Crippen molar-refractivity contribution in [3.8, 4) is 0 Å². The molecule has 0 aliphatic carbocycles. The van der Waals surface area contributed by atoms with Crippen molar-refractivity contribution < 1.29 is 8.42 Å².